The van der Waals surface area contributed by atoms with Gasteiger partial charge in [0.15, 0.2) is 5.82 Å². The Bertz CT molecular complexity index is 950. The lowest BCUT2D eigenvalue weighted by atomic mass is 10.1. The topological polar surface area (TPSA) is 25.8 Å². The Morgan fingerprint density at radius 3 is 1.77 bits per heavy atom. The van der Waals surface area contributed by atoms with Crippen LogP contribution in [0.5, 0.6) is 0 Å². The van der Waals surface area contributed by atoms with Crippen LogP contribution in [0.1, 0.15) is 11.3 Å². The van der Waals surface area contributed by atoms with E-state index in [0.717, 1.165) is 33.9 Å². The number of hydrogen-bond donors (Lipinski definition) is 0. The lowest BCUT2D eigenvalue weighted by Crippen LogP contribution is -1.95. The van der Waals surface area contributed by atoms with E-state index in [9.17, 15) is 0 Å². The van der Waals surface area contributed by atoms with Crippen molar-refractivity contribution in [1.29, 1.82) is 0 Å². The standard InChI is InChI=1S/C24H18N2/c1-4-10-19(11-5-1)16-17-22-18-23(20-12-6-2-7-13-20)26-24(25-22)21-14-8-3-9-15-21/h1-18H/b17-16-. The van der Waals surface area contributed by atoms with E-state index in [1.165, 1.54) is 0 Å². The molecule has 26 heavy (non-hydrogen) atoms. The number of hydrogen-bond acceptors (Lipinski definition) is 2. The molecule has 0 N–H and O–H groups in total. The average molecular weight is 334 g/mol. The highest BCUT2D eigenvalue weighted by Crippen LogP contribution is 2.23. The smallest absolute Gasteiger partial charge is 0.160 e. The van der Waals surface area contributed by atoms with Crippen LogP contribution in [0.15, 0.2) is 97.1 Å². The van der Waals surface area contributed by atoms with Crippen molar-refractivity contribution >= 4 is 12.2 Å². The van der Waals surface area contributed by atoms with Crippen LogP contribution in [0.4, 0.5) is 0 Å². The summed E-state index contributed by atoms with van der Waals surface area (Å²) >= 11 is 0. The second kappa shape index (κ2) is 7.58. The van der Waals surface area contributed by atoms with Gasteiger partial charge in [0.25, 0.3) is 0 Å². The van der Waals surface area contributed by atoms with Crippen molar-refractivity contribution in [3.63, 3.8) is 0 Å². The third kappa shape index (κ3) is 3.76. The van der Waals surface area contributed by atoms with Gasteiger partial charge in [-0.1, -0.05) is 97.1 Å². The molecule has 1 aromatic heterocycles. The number of rotatable bonds is 4. The van der Waals surface area contributed by atoms with Crippen LogP contribution in [0, 0.1) is 0 Å². The highest BCUT2D eigenvalue weighted by molar-refractivity contribution is 5.72. The molecule has 0 fully saturated rings. The molecule has 0 radical (unpaired) electrons. The molecule has 0 saturated heterocycles. The van der Waals surface area contributed by atoms with E-state index < -0.39 is 0 Å². The summed E-state index contributed by atoms with van der Waals surface area (Å²) in [5.74, 6) is 0.736. The van der Waals surface area contributed by atoms with Crippen molar-refractivity contribution in [3.05, 3.63) is 108 Å². The van der Waals surface area contributed by atoms with Crippen molar-refractivity contribution in [1.82, 2.24) is 9.97 Å². The molecule has 3 aromatic carbocycles. The maximum atomic E-state index is 4.78. The predicted octanol–water partition coefficient (Wildman–Crippen LogP) is 5.98. The summed E-state index contributed by atoms with van der Waals surface area (Å²) in [7, 11) is 0. The van der Waals surface area contributed by atoms with Crippen molar-refractivity contribution in [2.75, 3.05) is 0 Å². The molecule has 0 amide bonds. The van der Waals surface area contributed by atoms with Gasteiger partial charge in [-0.15, -0.1) is 0 Å². The predicted molar refractivity (Wildman–Crippen MR) is 108 cm³/mol. The molecule has 0 bridgehead atoms. The van der Waals surface area contributed by atoms with Gasteiger partial charge in [-0.2, -0.15) is 0 Å². The van der Waals surface area contributed by atoms with E-state index in [0.29, 0.717) is 0 Å². The van der Waals surface area contributed by atoms with E-state index in [-0.39, 0.29) is 0 Å². The van der Waals surface area contributed by atoms with Gasteiger partial charge in [0.2, 0.25) is 0 Å². The summed E-state index contributed by atoms with van der Waals surface area (Å²) in [5, 5.41) is 0. The average Bonchev–Trinajstić information content (AvgIpc) is 2.74. The lowest BCUT2D eigenvalue weighted by Gasteiger charge is -2.07. The van der Waals surface area contributed by atoms with Crippen LogP contribution in [0.2, 0.25) is 0 Å². The van der Waals surface area contributed by atoms with Crippen LogP contribution in [-0.4, -0.2) is 9.97 Å². The van der Waals surface area contributed by atoms with Crippen LogP contribution in [-0.2, 0) is 0 Å². The highest BCUT2D eigenvalue weighted by atomic mass is 14.9. The summed E-state index contributed by atoms with van der Waals surface area (Å²) in [6, 6.07) is 32.6. The fourth-order valence-corrected chi connectivity index (χ4v) is 2.77. The largest absolute Gasteiger partial charge is 0.229 e. The van der Waals surface area contributed by atoms with Gasteiger partial charge in [-0.05, 0) is 17.7 Å². The van der Waals surface area contributed by atoms with Gasteiger partial charge in [0, 0.05) is 11.1 Å². The molecule has 2 nitrogen and oxygen atoms in total. The zero-order chi connectivity index (χ0) is 17.6. The zero-order valence-corrected chi connectivity index (χ0v) is 14.3. The molecule has 4 rings (SSSR count). The second-order valence-electron chi connectivity index (χ2n) is 5.98. The summed E-state index contributed by atoms with van der Waals surface area (Å²) in [6.45, 7) is 0. The summed E-state index contributed by atoms with van der Waals surface area (Å²) in [5.41, 5.74) is 5.06. The fourth-order valence-electron chi connectivity index (χ4n) is 2.77. The molecule has 1 heterocycles. The first-order valence-corrected chi connectivity index (χ1v) is 8.61. The van der Waals surface area contributed by atoms with Crippen molar-refractivity contribution in [2.45, 2.75) is 0 Å². The van der Waals surface area contributed by atoms with E-state index >= 15 is 0 Å². The minimum Gasteiger partial charge on any atom is -0.229 e. The molecule has 0 atom stereocenters. The second-order valence-corrected chi connectivity index (χ2v) is 5.98. The van der Waals surface area contributed by atoms with Gasteiger partial charge in [0.1, 0.15) is 0 Å². The first kappa shape index (κ1) is 16.0. The molecule has 4 aromatic rings. The Labute approximate surface area is 153 Å². The minimum atomic E-state index is 0.736. The highest BCUT2D eigenvalue weighted by Gasteiger charge is 2.07. The molecule has 0 spiro atoms. The third-order valence-electron chi connectivity index (χ3n) is 4.09. The molecule has 0 aliphatic heterocycles. The third-order valence-corrected chi connectivity index (χ3v) is 4.09. The maximum Gasteiger partial charge on any atom is 0.160 e. The molecule has 0 saturated carbocycles. The molecule has 0 aliphatic carbocycles. The minimum absolute atomic E-state index is 0.736. The fraction of sp³-hybridized carbons (Fsp3) is 0. The van der Waals surface area contributed by atoms with Crippen molar-refractivity contribution in [3.8, 4) is 22.6 Å². The first-order chi connectivity index (χ1) is 12.9. The van der Waals surface area contributed by atoms with Crippen molar-refractivity contribution in [2.24, 2.45) is 0 Å². The first-order valence-electron chi connectivity index (χ1n) is 8.61. The van der Waals surface area contributed by atoms with Crippen molar-refractivity contribution < 1.29 is 0 Å². The van der Waals surface area contributed by atoms with E-state index in [1.807, 2.05) is 78.9 Å². The SMILES string of the molecule is C(=C/c1cc(-c2ccccc2)nc(-c2ccccc2)n1)/c1ccccc1. The molecular weight excluding hydrogens is 316 g/mol. The summed E-state index contributed by atoms with van der Waals surface area (Å²) in [6.07, 6.45) is 4.11. The van der Waals surface area contributed by atoms with Gasteiger partial charge in [0.05, 0.1) is 11.4 Å². The van der Waals surface area contributed by atoms with E-state index in [4.69, 9.17) is 9.97 Å². The molecule has 0 aliphatic rings. The van der Waals surface area contributed by atoms with Gasteiger partial charge < -0.3 is 0 Å². The Kier molecular flexibility index (Phi) is 4.66. The van der Waals surface area contributed by atoms with Gasteiger partial charge in [-0.25, -0.2) is 9.97 Å². The zero-order valence-electron chi connectivity index (χ0n) is 14.3. The number of nitrogens with zero attached hydrogens (tertiary/aromatic N) is 2. The molecular formula is C24H18N2. The Balaban J connectivity index is 1.79. The van der Waals surface area contributed by atoms with Gasteiger partial charge >= 0.3 is 0 Å². The normalized spacial score (nSPS) is 10.9. The quantitative estimate of drug-likeness (QED) is 0.459. The van der Waals surface area contributed by atoms with E-state index in [2.05, 4.69) is 30.3 Å². The summed E-state index contributed by atoms with van der Waals surface area (Å²) < 4.78 is 0. The Morgan fingerprint density at radius 1 is 0.538 bits per heavy atom. The van der Waals surface area contributed by atoms with Crippen LogP contribution in [0.3, 0.4) is 0 Å². The maximum absolute atomic E-state index is 4.78. The van der Waals surface area contributed by atoms with Crippen LogP contribution in [0.25, 0.3) is 34.8 Å². The molecule has 0 unspecified atom stereocenters. The Hall–Kier alpha value is -3.52. The van der Waals surface area contributed by atoms with Crippen LogP contribution >= 0.6 is 0 Å². The molecule has 2 heteroatoms. The van der Waals surface area contributed by atoms with Crippen LogP contribution < -0.4 is 0 Å². The number of benzene rings is 3. The summed E-state index contributed by atoms with van der Waals surface area (Å²) in [4.78, 5) is 9.53. The van der Waals surface area contributed by atoms with Gasteiger partial charge in [-0.3, -0.25) is 0 Å². The number of aromatic nitrogens is 2. The molecule has 124 valence electrons. The van der Waals surface area contributed by atoms with E-state index in [1.54, 1.807) is 0 Å². The lowest BCUT2D eigenvalue weighted by molar-refractivity contribution is 1.16. The Morgan fingerprint density at radius 2 is 1.12 bits per heavy atom. The monoisotopic (exact) mass is 334 g/mol.